The summed E-state index contributed by atoms with van der Waals surface area (Å²) in [6.45, 7) is 2.33. The number of piperidine rings is 1. The van der Waals surface area contributed by atoms with E-state index in [4.69, 9.17) is 5.11 Å². The van der Waals surface area contributed by atoms with Crippen molar-refractivity contribution in [1.82, 2.24) is 14.3 Å². The summed E-state index contributed by atoms with van der Waals surface area (Å²) < 4.78 is 1.79. The fourth-order valence-electron chi connectivity index (χ4n) is 2.71. The first-order chi connectivity index (χ1) is 10.4. The number of aromatic nitrogens is 2. The van der Waals surface area contributed by atoms with Gasteiger partial charge < -0.3 is 19.5 Å². The number of amides is 1. The van der Waals surface area contributed by atoms with E-state index in [2.05, 4.69) is 4.98 Å². The number of likely N-dealkylation sites (tertiary alicyclic amines) is 1. The molecule has 3 rings (SSSR count). The Bertz CT molecular complexity index is 744. The van der Waals surface area contributed by atoms with Gasteiger partial charge in [0.1, 0.15) is 11.3 Å². The molecule has 0 aromatic carbocycles. The zero-order valence-electron chi connectivity index (χ0n) is 12.2. The number of imidazole rings is 1. The molecule has 0 spiro atoms. The molecule has 0 unspecified atom stereocenters. The van der Waals surface area contributed by atoms with Gasteiger partial charge in [-0.2, -0.15) is 0 Å². The smallest absolute Gasteiger partial charge is 0.335 e. The fourth-order valence-corrected chi connectivity index (χ4v) is 2.71. The highest BCUT2D eigenvalue weighted by molar-refractivity contribution is 5.93. The second kappa shape index (κ2) is 5.10. The molecule has 7 nitrogen and oxygen atoms in total. The molecule has 0 atom stereocenters. The predicted molar refractivity (Wildman–Crippen MR) is 77.7 cm³/mol. The molecule has 3 heterocycles. The van der Waals surface area contributed by atoms with Gasteiger partial charge in [-0.25, -0.2) is 9.78 Å². The molecule has 0 radical (unpaired) electrons. The molecule has 2 aromatic rings. The lowest BCUT2D eigenvalue weighted by Crippen LogP contribution is -2.50. The molecule has 0 bridgehead atoms. The van der Waals surface area contributed by atoms with Crippen LogP contribution in [0.5, 0.6) is 0 Å². The summed E-state index contributed by atoms with van der Waals surface area (Å²) in [6, 6.07) is 3.80. The largest absolute Gasteiger partial charge is 0.479 e. The van der Waals surface area contributed by atoms with Gasteiger partial charge in [-0.3, -0.25) is 4.79 Å². The minimum Gasteiger partial charge on any atom is -0.479 e. The van der Waals surface area contributed by atoms with Crippen molar-refractivity contribution < 1.29 is 19.8 Å². The Labute approximate surface area is 126 Å². The van der Waals surface area contributed by atoms with Crippen LogP contribution in [-0.4, -0.2) is 55.1 Å². The monoisotopic (exact) mass is 303 g/mol. The molecule has 2 aromatic heterocycles. The lowest BCUT2D eigenvalue weighted by atomic mass is 9.91. The Morgan fingerprint density at radius 1 is 1.32 bits per heavy atom. The molecule has 1 fully saturated rings. The Morgan fingerprint density at radius 2 is 2.00 bits per heavy atom. The van der Waals surface area contributed by atoms with Crippen LogP contribution in [0.1, 0.15) is 28.9 Å². The second-order valence-electron chi connectivity index (χ2n) is 5.68. The van der Waals surface area contributed by atoms with Gasteiger partial charge in [-0.15, -0.1) is 0 Å². The molecular weight excluding hydrogens is 286 g/mol. The van der Waals surface area contributed by atoms with E-state index in [0.29, 0.717) is 5.69 Å². The lowest BCUT2D eigenvalue weighted by molar-refractivity contribution is -0.162. The highest BCUT2D eigenvalue weighted by Gasteiger charge is 2.40. The van der Waals surface area contributed by atoms with Crippen LogP contribution in [0.2, 0.25) is 0 Å². The molecule has 116 valence electrons. The van der Waals surface area contributed by atoms with Crippen molar-refractivity contribution in [3.63, 3.8) is 0 Å². The van der Waals surface area contributed by atoms with E-state index in [1.165, 1.54) is 4.90 Å². The number of carboxylic acids is 1. The standard InChI is InChI=1S/C15H17N3O4/c1-10-3-2-6-18-9-11(16-12(10)18)13(19)17-7-4-15(22,5-8-17)14(20)21/h2-3,6,9,22H,4-5,7-8H2,1H3,(H,20,21). The van der Waals surface area contributed by atoms with E-state index >= 15 is 0 Å². The van der Waals surface area contributed by atoms with E-state index in [1.807, 2.05) is 25.3 Å². The van der Waals surface area contributed by atoms with Crippen molar-refractivity contribution in [2.45, 2.75) is 25.4 Å². The third-order valence-electron chi connectivity index (χ3n) is 4.17. The number of hydrogen-bond donors (Lipinski definition) is 2. The topological polar surface area (TPSA) is 95.1 Å². The van der Waals surface area contributed by atoms with Crippen LogP contribution in [0.4, 0.5) is 0 Å². The first-order valence-electron chi connectivity index (χ1n) is 7.10. The van der Waals surface area contributed by atoms with Gasteiger partial charge in [-0.05, 0) is 18.6 Å². The number of aryl methyl sites for hydroxylation is 1. The van der Waals surface area contributed by atoms with Crippen molar-refractivity contribution in [2.24, 2.45) is 0 Å². The zero-order valence-corrected chi connectivity index (χ0v) is 12.2. The Morgan fingerprint density at radius 3 is 2.59 bits per heavy atom. The number of nitrogens with zero attached hydrogens (tertiary/aromatic N) is 3. The Kier molecular flexibility index (Phi) is 3.37. The number of carbonyl (C=O) groups is 2. The maximum atomic E-state index is 12.5. The van der Waals surface area contributed by atoms with E-state index in [-0.39, 0.29) is 31.8 Å². The average molecular weight is 303 g/mol. The molecular formula is C15H17N3O4. The molecule has 7 heteroatoms. The second-order valence-corrected chi connectivity index (χ2v) is 5.68. The molecule has 1 aliphatic heterocycles. The zero-order chi connectivity index (χ0) is 15.9. The third-order valence-corrected chi connectivity index (χ3v) is 4.17. The Hall–Kier alpha value is -2.41. The maximum Gasteiger partial charge on any atom is 0.335 e. The molecule has 1 saturated heterocycles. The number of aliphatic carboxylic acids is 1. The van der Waals surface area contributed by atoms with E-state index in [1.54, 1.807) is 10.6 Å². The van der Waals surface area contributed by atoms with Crippen molar-refractivity contribution in [1.29, 1.82) is 0 Å². The number of carbonyl (C=O) groups excluding carboxylic acids is 1. The van der Waals surface area contributed by atoms with Gasteiger partial charge >= 0.3 is 5.97 Å². The molecule has 0 saturated carbocycles. The van der Waals surface area contributed by atoms with Crippen LogP contribution in [0.3, 0.4) is 0 Å². The van der Waals surface area contributed by atoms with E-state index in [0.717, 1.165) is 11.2 Å². The summed E-state index contributed by atoms with van der Waals surface area (Å²) in [6.07, 6.45) is 3.55. The highest BCUT2D eigenvalue weighted by Crippen LogP contribution is 2.23. The van der Waals surface area contributed by atoms with Gasteiger partial charge in [0, 0.05) is 38.3 Å². The normalized spacial score (nSPS) is 17.6. The van der Waals surface area contributed by atoms with Gasteiger partial charge in [0.2, 0.25) is 0 Å². The van der Waals surface area contributed by atoms with Gasteiger partial charge in [0.05, 0.1) is 0 Å². The van der Waals surface area contributed by atoms with Crippen molar-refractivity contribution >= 4 is 17.5 Å². The average Bonchev–Trinajstić information content (AvgIpc) is 2.93. The van der Waals surface area contributed by atoms with Crippen molar-refractivity contribution in [2.75, 3.05) is 13.1 Å². The molecule has 2 N–H and O–H groups in total. The minimum atomic E-state index is -1.73. The van der Waals surface area contributed by atoms with Crippen molar-refractivity contribution in [3.8, 4) is 0 Å². The Balaban J connectivity index is 1.79. The molecule has 1 amide bonds. The van der Waals surface area contributed by atoms with Crippen LogP contribution in [0, 0.1) is 6.92 Å². The van der Waals surface area contributed by atoms with Crippen LogP contribution in [-0.2, 0) is 4.79 Å². The van der Waals surface area contributed by atoms with Crippen LogP contribution in [0.25, 0.3) is 5.65 Å². The first-order valence-corrected chi connectivity index (χ1v) is 7.10. The number of rotatable bonds is 2. The summed E-state index contributed by atoms with van der Waals surface area (Å²) in [4.78, 5) is 29.4. The van der Waals surface area contributed by atoms with Crippen LogP contribution in [0.15, 0.2) is 24.5 Å². The van der Waals surface area contributed by atoms with Crippen LogP contribution < -0.4 is 0 Å². The van der Waals surface area contributed by atoms with Gasteiger partial charge in [0.15, 0.2) is 5.60 Å². The van der Waals surface area contributed by atoms with Gasteiger partial charge in [-0.1, -0.05) is 6.07 Å². The van der Waals surface area contributed by atoms with Crippen molar-refractivity contribution in [3.05, 3.63) is 35.8 Å². The number of fused-ring (bicyclic) bond motifs is 1. The molecule has 0 aliphatic carbocycles. The maximum absolute atomic E-state index is 12.5. The summed E-state index contributed by atoms with van der Waals surface area (Å²) in [5.74, 6) is -1.47. The summed E-state index contributed by atoms with van der Waals surface area (Å²) in [7, 11) is 0. The first kappa shape index (κ1) is 14.5. The number of hydrogen-bond acceptors (Lipinski definition) is 4. The minimum absolute atomic E-state index is 0.0282. The third kappa shape index (κ3) is 2.33. The highest BCUT2D eigenvalue weighted by atomic mass is 16.4. The van der Waals surface area contributed by atoms with Gasteiger partial charge in [0.25, 0.3) is 5.91 Å². The summed E-state index contributed by atoms with van der Waals surface area (Å²) in [5.41, 5.74) is 0.298. The van der Waals surface area contributed by atoms with E-state index < -0.39 is 11.6 Å². The predicted octanol–water partition coefficient (Wildman–Crippen LogP) is 0.694. The number of pyridine rings is 1. The number of carboxylic acid groups (broad SMARTS) is 1. The molecule has 22 heavy (non-hydrogen) atoms. The molecule has 1 aliphatic rings. The summed E-state index contributed by atoms with van der Waals surface area (Å²) >= 11 is 0. The lowest BCUT2D eigenvalue weighted by Gasteiger charge is -2.34. The quantitative estimate of drug-likeness (QED) is 0.851. The fraction of sp³-hybridized carbons (Fsp3) is 0.400. The SMILES string of the molecule is Cc1cccn2cc(C(=O)N3CCC(O)(C(=O)O)CC3)nc12. The summed E-state index contributed by atoms with van der Waals surface area (Å²) in [5, 5.41) is 18.9. The number of aliphatic hydroxyl groups is 1. The van der Waals surface area contributed by atoms with Crippen LogP contribution >= 0.6 is 0 Å². The van der Waals surface area contributed by atoms with E-state index in [9.17, 15) is 14.7 Å².